The van der Waals surface area contributed by atoms with Crippen molar-refractivity contribution in [3.8, 4) is 0 Å². The number of methoxy groups -OCH3 is 1. The third kappa shape index (κ3) is 3.42. The first kappa shape index (κ1) is 14.5. The number of nitrogens with two attached hydrogens (primary N) is 1. The molecule has 2 aliphatic rings. The van der Waals surface area contributed by atoms with Crippen LogP contribution in [-0.2, 0) is 16.1 Å². The summed E-state index contributed by atoms with van der Waals surface area (Å²) in [6.07, 6.45) is 1.16. The number of ether oxygens (including phenoxy) is 2. The van der Waals surface area contributed by atoms with Crippen LogP contribution in [0.15, 0.2) is 6.07 Å². The van der Waals surface area contributed by atoms with Crippen LogP contribution in [0.5, 0.6) is 0 Å². The number of anilines is 2. The third-order valence-electron chi connectivity index (χ3n) is 4.10. The van der Waals surface area contributed by atoms with Crippen LogP contribution in [0.25, 0.3) is 0 Å². The quantitative estimate of drug-likeness (QED) is 0.844. The van der Waals surface area contributed by atoms with E-state index in [1.165, 1.54) is 0 Å². The standard InChI is InChI=1S/C14H23N5O2/c1-20-10-13-16-12(15)8-14(17-13)19-3-2-11(9-19)18-4-6-21-7-5-18/h8,11H,2-7,9-10H2,1H3,(H2,15,16,17). The molecule has 2 N–H and O–H groups in total. The fraction of sp³-hybridized carbons (Fsp3) is 0.714. The molecule has 2 saturated heterocycles. The van der Waals surface area contributed by atoms with Gasteiger partial charge >= 0.3 is 0 Å². The van der Waals surface area contributed by atoms with Crippen molar-refractivity contribution in [3.63, 3.8) is 0 Å². The summed E-state index contributed by atoms with van der Waals surface area (Å²) < 4.78 is 10.5. The Morgan fingerprint density at radius 2 is 2.14 bits per heavy atom. The van der Waals surface area contributed by atoms with E-state index in [4.69, 9.17) is 15.2 Å². The zero-order valence-corrected chi connectivity index (χ0v) is 12.5. The molecule has 0 radical (unpaired) electrons. The second kappa shape index (κ2) is 6.55. The smallest absolute Gasteiger partial charge is 0.158 e. The van der Waals surface area contributed by atoms with Crippen molar-refractivity contribution >= 4 is 11.6 Å². The van der Waals surface area contributed by atoms with Gasteiger partial charge in [0.25, 0.3) is 0 Å². The van der Waals surface area contributed by atoms with Gasteiger partial charge in [0.15, 0.2) is 5.82 Å². The number of nitrogens with zero attached hydrogens (tertiary/aromatic N) is 4. The Hall–Kier alpha value is -1.44. The number of hydrogen-bond acceptors (Lipinski definition) is 7. The molecule has 2 fully saturated rings. The van der Waals surface area contributed by atoms with Gasteiger partial charge in [-0.05, 0) is 6.42 Å². The number of nitrogen functional groups attached to an aromatic ring is 1. The Morgan fingerprint density at radius 1 is 1.33 bits per heavy atom. The molecule has 1 aromatic heterocycles. The predicted octanol–water partition coefficient (Wildman–Crippen LogP) is 0.116. The normalized spacial score (nSPS) is 23.7. The average molecular weight is 293 g/mol. The van der Waals surface area contributed by atoms with Crippen LogP contribution in [0.1, 0.15) is 12.2 Å². The molecular weight excluding hydrogens is 270 g/mol. The van der Waals surface area contributed by atoms with E-state index in [-0.39, 0.29) is 0 Å². The fourth-order valence-electron chi connectivity index (χ4n) is 3.05. The van der Waals surface area contributed by atoms with E-state index in [1.54, 1.807) is 7.11 Å². The van der Waals surface area contributed by atoms with Crippen molar-refractivity contribution in [2.24, 2.45) is 0 Å². The topological polar surface area (TPSA) is 76.7 Å². The van der Waals surface area contributed by atoms with Gasteiger partial charge in [0, 0.05) is 45.4 Å². The SMILES string of the molecule is COCc1nc(N)cc(N2CCC(N3CCOCC3)C2)n1. The second-order valence-corrected chi connectivity index (χ2v) is 5.54. The van der Waals surface area contributed by atoms with Crippen LogP contribution in [0.2, 0.25) is 0 Å². The van der Waals surface area contributed by atoms with Gasteiger partial charge in [-0.25, -0.2) is 9.97 Å². The maximum atomic E-state index is 5.87. The summed E-state index contributed by atoms with van der Waals surface area (Å²) in [4.78, 5) is 13.6. The molecule has 0 aromatic carbocycles. The monoisotopic (exact) mass is 293 g/mol. The van der Waals surface area contributed by atoms with Gasteiger partial charge in [-0.2, -0.15) is 0 Å². The summed E-state index contributed by atoms with van der Waals surface area (Å²) in [6, 6.07) is 2.43. The van der Waals surface area contributed by atoms with Gasteiger partial charge in [0.1, 0.15) is 18.2 Å². The molecule has 1 unspecified atom stereocenters. The third-order valence-corrected chi connectivity index (χ3v) is 4.10. The zero-order valence-electron chi connectivity index (χ0n) is 12.5. The van der Waals surface area contributed by atoms with Gasteiger partial charge in [-0.3, -0.25) is 4.90 Å². The summed E-state index contributed by atoms with van der Waals surface area (Å²) in [5, 5.41) is 0. The molecule has 7 heteroatoms. The molecule has 3 rings (SSSR count). The van der Waals surface area contributed by atoms with E-state index in [2.05, 4.69) is 19.8 Å². The highest BCUT2D eigenvalue weighted by atomic mass is 16.5. The van der Waals surface area contributed by atoms with Gasteiger partial charge in [0.05, 0.1) is 13.2 Å². The molecule has 0 aliphatic carbocycles. The predicted molar refractivity (Wildman–Crippen MR) is 80.2 cm³/mol. The van der Waals surface area contributed by atoms with Gasteiger partial charge in [-0.15, -0.1) is 0 Å². The van der Waals surface area contributed by atoms with Crippen LogP contribution in [0.3, 0.4) is 0 Å². The molecule has 1 atom stereocenters. The highest BCUT2D eigenvalue weighted by molar-refractivity contribution is 5.48. The van der Waals surface area contributed by atoms with Gasteiger partial charge in [0.2, 0.25) is 0 Å². The Labute approximate surface area is 125 Å². The van der Waals surface area contributed by atoms with Crippen LogP contribution in [0, 0.1) is 0 Å². The Bertz CT molecular complexity index is 478. The lowest BCUT2D eigenvalue weighted by molar-refractivity contribution is 0.0209. The summed E-state index contributed by atoms with van der Waals surface area (Å²) in [7, 11) is 1.64. The van der Waals surface area contributed by atoms with Crippen LogP contribution < -0.4 is 10.6 Å². The van der Waals surface area contributed by atoms with Crippen molar-refractivity contribution in [2.45, 2.75) is 19.1 Å². The number of rotatable bonds is 4. The van der Waals surface area contributed by atoms with Crippen LogP contribution in [-0.4, -0.2) is 67.4 Å². The van der Waals surface area contributed by atoms with E-state index in [9.17, 15) is 0 Å². The Balaban J connectivity index is 1.67. The molecule has 1 aromatic rings. The summed E-state index contributed by atoms with van der Waals surface area (Å²) in [6.45, 7) is 6.12. The van der Waals surface area contributed by atoms with Crippen LogP contribution in [0.4, 0.5) is 11.6 Å². The van der Waals surface area contributed by atoms with Gasteiger partial charge in [-0.1, -0.05) is 0 Å². The van der Waals surface area contributed by atoms with Crippen molar-refractivity contribution in [3.05, 3.63) is 11.9 Å². The van der Waals surface area contributed by atoms with Crippen molar-refractivity contribution in [1.29, 1.82) is 0 Å². The molecule has 0 spiro atoms. The van der Waals surface area contributed by atoms with E-state index >= 15 is 0 Å². The minimum Gasteiger partial charge on any atom is -0.384 e. The molecule has 0 saturated carbocycles. The lowest BCUT2D eigenvalue weighted by Crippen LogP contribution is -2.44. The Morgan fingerprint density at radius 3 is 2.90 bits per heavy atom. The minimum atomic E-state index is 0.388. The van der Waals surface area contributed by atoms with Crippen LogP contribution >= 0.6 is 0 Å². The summed E-state index contributed by atoms with van der Waals surface area (Å²) >= 11 is 0. The largest absolute Gasteiger partial charge is 0.384 e. The highest BCUT2D eigenvalue weighted by Crippen LogP contribution is 2.23. The fourth-order valence-corrected chi connectivity index (χ4v) is 3.05. The molecule has 0 bridgehead atoms. The first-order chi connectivity index (χ1) is 10.3. The lowest BCUT2D eigenvalue weighted by Gasteiger charge is -2.32. The first-order valence-electron chi connectivity index (χ1n) is 7.45. The summed E-state index contributed by atoms with van der Waals surface area (Å²) in [5.74, 6) is 2.05. The molecule has 2 aliphatic heterocycles. The van der Waals surface area contributed by atoms with E-state index in [0.29, 0.717) is 24.3 Å². The molecule has 0 amide bonds. The summed E-state index contributed by atoms with van der Waals surface area (Å²) in [5.41, 5.74) is 5.87. The lowest BCUT2D eigenvalue weighted by atomic mass is 10.2. The first-order valence-corrected chi connectivity index (χ1v) is 7.45. The van der Waals surface area contributed by atoms with Crippen molar-refractivity contribution in [1.82, 2.24) is 14.9 Å². The molecular formula is C14H23N5O2. The number of hydrogen-bond donors (Lipinski definition) is 1. The van der Waals surface area contributed by atoms with Crippen molar-refractivity contribution < 1.29 is 9.47 Å². The molecule has 116 valence electrons. The zero-order chi connectivity index (χ0) is 14.7. The highest BCUT2D eigenvalue weighted by Gasteiger charge is 2.29. The average Bonchev–Trinajstić information content (AvgIpc) is 2.98. The van der Waals surface area contributed by atoms with E-state index < -0.39 is 0 Å². The molecule has 7 nitrogen and oxygen atoms in total. The maximum Gasteiger partial charge on any atom is 0.158 e. The number of aromatic nitrogens is 2. The second-order valence-electron chi connectivity index (χ2n) is 5.54. The minimum absolute atomic E-state index is 0.388. The van der Waals surface area contributed by atoms with Gasteiger partial charge < -0.3 is 20.1 Å². The molecule has 3 heterocycles. The maximum absolute atomic E-state index is 5.87. The Kier molecular flexibility index (Phi) is 4.52. The van der Waals surface area contributed by atoms with Crippen molar-refractivity contribution in [2.75, 3.05) is 57.1 Å². The number of morpholine rings is 1. The van der Waals surface area contributed by atoms with E-state index in [0.717, 1.165) is 51.6 Å². The van der Waals surface area contributed by atoms with E-state index in [1.807, 2.05) is 6.07 Å². The molecule has 21 heavy (non-hydrogen) atoms.